The Hall–Kier alpha value is -2.82. The molecule has 2 rings (SSSR count). The van der Waals surface area contributed by atoms with E-state index in [4.69, 9.17) is 4.74 Å². The van der Waals surface area contributed by atoms with Gasteiger partial charge in [-0.15, -0.1) is 0 Å². The maximum absolute atomic E-state index is 12.2. The first-order chi connectivity index (χ1) is 11.5. The molecule has 0 bridgehead atoms. The summed E-state index contributed by atoms with van der Waals surface area (Å²) in [7, 11) is 0. The van der Waals surface area contributed by atoms with Crippen LogP contribution in [0.15, 0.2) is 48.5 Å². The van der Waals surface area contributed by atoms with Crippen LogP contribution in [0.3, 0.4) is 0 Å². The molecular weight excluding hydrogens is 304 g/mol. The predicted octanol–water partition coefficient (Wildman–Crippen LogP) is 4.07. The molecule has 126 valence electrons. The lowest BCUT2D eigenvalue weighted by Crippen LogP contribution is -2.12. The Morgan fingerprint density at radius 2 is 1.46 bits per heavy atom. The summed E-state index contributed by atoms with van der Waals surface area (Å²) in [4.78, 5) is 23.6. The van der Waals surface area contributed by atoms with Crippen molar-refractivity contribution in [2.45, 2.75) is 33.3 Å². The van der Waals surface area contributed by atoms with Crippen molar-refractivity contribution < 1.29 is 14.3 Å². The molecule has 0 aromatic heterocycles. The number of rotatable bonds is 6. The molecule has 0 saturated heterocycles. The van der Waals surface area contributed by atoms with E-state index in [0.29, 0.717) is 23.4 Å². The number of ether oxygens (including phenoxy) is 1. The molecule has 0 spiro atoms. The molecule has 0 aliphatic heterocycles. The van der Waals surface area contributed by atoms with Crippen molar-refractivity contribution in [3.63, 3.8) is 0 Å². The molecule has 5 nitrogen and oxygen atoms in total. The van der Waals surface area contributed by atoms with Crippen LogP contribution >= 0.6 is 0 Å². The van der Waals surface area contributed by atoms with Crippen LogP contribution in [0.25, 0.3) is 0 Å². The molecule has 2 aromatic rings. The van der Waals surface area contributed by atoms with Crippen LogP contribution in [0.4, 0.5) is 11.4 Å². The normalized spacial score (nSPS) is 10.3. The molecule has 0 saturated carbocycles. The number of nitrogens with one attached hydrogen (secondary N) is 2. The van der Waals surface area contributed by atoms with Gasteiger partial charge in [-0.05, 0) is 62.4 Å². The highest BCUT2D eigenvalue weighted by atomic mass is 16.5. The second-order valence-electron chi connectivity index (χ2n) is 5.62. The lowest BCUT2D eigenvalue weighted by Gasteiger charge is -2.10. The van der Waals surface area contributed by atoms with E-state index >= 15 is 0 Å². The van der Waals surface area contributed by atoms with Gasteiger partial charge in [-0.1, -0.05) is 6.92 Å². The van der Waals surface area contributed by atoms with Crippen molar-refractivity contribution >= 4 is 23.2 Å². The molecule has 0 aliphatic rings. The zero-order valence-electron chi connectivity index (χ0n) is 14.1. The summed E-state index contributed by atoms with van der Waals surface area (Å²) in [6.45, 7) is 5.70. The van der Waals surface area contributed by atoms with Crippen LogP contribution in [0.2, 0.25) is 0 Å². The fourth-order valence-corrected chi connectivity index (χ4v) is 2.05. The number of carbonyl (C=O) groups is 2. The van der Waals surface area contributed by atoms with Gasteiger partial charge in [0.1, 0.15) is 5.75 Å². The Bertz CT molecular complexity index is 692. The summed E-state index contributed by atoms with van der Waals surface area (Å²) < 4.78 is 5.56. The SMILES string of the molecule is CCC(=O)Nc1ccc(NC(=O)c2ccc(OC(C)C)cc2)cc1. The average molecular weight is 326 g/mol. The summed E-state index contributed by atoms with van der Waals surface area (Å²) in [5.41, 5.74) is 1.92. The van der Waals surface area contributed by atoms with E-state index < -0.39 is 0 Å². The van der Waals surface area contributed by atoms with E-state index in [1.165, 1.54) is 0 Å². The molecule has 0 aliphatic carbocycles. The summed E-state index contributed by atoms with van der Waals surface area (Å²) in [6.07, 6.45) is 0.519. The number of hydrogen-bond acceptors (Lipinski definition) is 3. The largest absolute Gasteiger partial charge is 0.491 e. The van der Waals surface area contributed by atoms with E-state index in [0.717, 1.165) is 5.75 Å². The van der Waals surface area contributed by atoms with Crippen molar-refractivity contribution in [1.82, 2.24) is 0 Å². The van der Waals surface area contributed by atoms with Crippen LogP contribution in [-0.2, 0) is 4.79 Å². The van der Waals surface area contributed by atoms with Gasteiger partial charge in [0, 0.05) is 23.4 Å². The van der Waals surface area contributed by atoms with Crippen LogP contribution < -0.4 is 15.4 Å². The van der Waals surface area contributed by atoms with Crippen LogP contribution in [0.1, 0.15) is 37.6 Å². The fraction of sp³-hybridized carbons (Fsp3) is 0.263. The van der Waals surface area contributed by atoms with Gasteiger partial charge in [0.25, 0.3) is 5.91 Å². The molecule has 0 radical (unpaired) electrons. The van der Waals surface area contributed by atoms with E-state index in [2.05, 4.69) is 10.6 Å². The quantitative estimate of drug-likeness (QED) is 0.840. The summed E-state index contributed by atoms with van der Waals surface area (Å²) in [6, 6.07) is 14.0. The number of benzene rings is 2. The van der Waals surface area contributed by atoms with Crippen molar-refractivity contribution in [3.05, 3.63) is 54.1 Å². The maximum atomic E-state index is 12.2. The van der Waals surface area contributed by atoms with Gasteiger partial charge < -0.3 is 15.4 Å². The Labute approximate surface area is 142 Å². The summed E-state index contributed by atoms with van der Waals surface area (Å²) in [5.74, 6) is 0.490. The lowest BCUT2D eigenvalue weighted by atomic mass is 10.2. The van der Waals surface area contributed by atoms with Crippen molar-refractivity contribution in [2.24, 2.45) is 0 Å². The Morgan fingerprint density at radius 3 is 1.96 bits per heavy atom. The second-order valence-corrected chi connectivity index (χ2v) is 5.62. The van der Waals surface area contributed by atoms with Crippen LogP contribution in [0, 0.1) is 0 Å². The molecule has 0 unspecified atom stereocenters. The topological polar surface area (TPSA) is 67.4 Å². The Kier molecular flexibility index (Phi) is 5.95. The second kappa shape index (κ2) is 8.15. The van der Waals surface area contributed by atoms with E-state index in [9.17, 15) is 9.59 Å². The maximum Gasteiger partial charge on any atom is 0.255 e. The monoisotopic (exact) mass is 326 g/mol. The minimum atomic E-state index is -0.198. The highest BCUT2D eigenvalue weighted by Gasteiger charge is 2.07. The van der Waals surface area contributed by atoms with Gasteiger partial charge in [0.15, 0.2) is 0 Å². The van der Waals surface area contributed by atoms with Gasteiger partial charge in [0.2, 0.25) is 5.91 Å². The number of anilines is 2. The minimum absolute atomic E-state index is 0.0458. The third-order valence-corrected chi connectivity index (χ3v) is 3.24. The lowest BCUT2D eigenvalue weighted by molar-refractivity contribution is -0.115. The van der Waals surface area contributed by atoms with Crippen molar-refractivity contribution in [2.75, 3.05) is 10.6 Å². The molecule has 2 amide bonds. The Balaban J connectivity index is 1.97. The van der Waals surface area contributed by atoms with Crippen molar-refractivity contribution in [3.8, 4) is 5.75 Å². The van der Waals surface area contributed by atoms with Gasteiger partial charge >= 0.3 is 0 Å². The molecule has 0 atom stereocenters. The molecular formula is C19H22N2O3. The van der Waals surface area contributed by atoms with Gasteiger partial charge in [-0.25, -0.2) is 0 Å². The highest BCUT2D eigenvalue weighted by Crippen LogP contribution is 2.17. The molecule has 0 heterocycles. The summed E-state index contributed by atoms with van der Waals surface area (Å²) >= 11 is 0. The number of amides is 2. The molecule has 5 heteroatoms. The highest BCUT2D eigenvalue weighted by molar-refractivity contribution is 6.04. The smallest absolute Gasteiger partial charge is 0.255 e. The minimum Gasteiger partial charge on any atom is -0.491 e. The first-order valence-electron chi connectivity index (χ1n) is 7.96. The van der Waals surface area contributed by atoms with Crippen LogP contribution in [0.5, 0.6) is 5.75 Å². The molecule has 2 aromatic carbocycles. The predicted molar refractivity (Wildman–Crippen MR) is 95.5 cm³/mol. The first-order valence-corrected chi connectivity index (χ1v) is 7.96. The van der Waals surface area contributed by atoms with Gasteiger partial charge in [-0.3, -0.25) is 9.59 Å². The van der Waals surface area contributed by atoms with Crippen LogP contribution in [-0.4, -0.2) is 17.9 Å². The third kappa shape index (κ3) is 5.12. The molecule has 24 heavy (non-hydrogen) atoms. The van der Waals surface area contributed by atoms with Gasteiger partial charge in [0.05, 0.1) is 6.10 Å². The zero-order valence-corrected chi connectivity index (χ0v) is 14.1. The number of hydrogen-bond donors (Lipinski definition) is 2. The van der Waals surface area contributed by atoms with Crippen molar-refractivity contribution in [1.29, 1.82) is 0 Å². The van der Waals surface area contributed by atoms with E-state index in [1.54, 1.807) is 55.5 Å². The van der Waals surface area contributed by atoms with E-state index in [-0.39, 0.29) is 17.9 Å². The van der Waals surface area contributed by atoms with E-state index in [1.807, 2.05) is 13.8 Å². The standard InChI is InChI=1S/C19H22N2O3/c1-4-18(22)20-15-7-9-16(10-8-15)21-19(23)14-5-11-17(12-6-14)24-13(2)3/h5-13H,4H2,1-3H3,(H,20,22)(H,21,23). The average Bonchev–Trinajstić information content (AvgIpc) is 2.56. The first kappa shape index (κ1) is 17.5. The number of carbonyl (C=O) groups excluding carboxylic acids is 2. The van der Waals surface area contributed by atoms with Gasteiger partial charge in [-0.2, -0.15) is 0 Å². The summed E-state index contributed by atoms with van der Waals surface area (Å²) in [5, 5.41) is 5.58. The zero-order chi connectivity index (χ0) is 17.5. The Morgan fingerprint density at radius 1 is 0.917 bits per heavy atom. The molecule has 2 N–H and O–H groups in total. The fourth-order valence-electron chi connectivity index (χ4n) is 2.05. The third-order valence-electron chi connectivity index (χ3n) is 3.24. The molecule has 0 fully saturated rings.